The van der Waals surface area contributed by atoms with Crippen LogP contribution in [0.2, 0.25) is 0 Å². The molecule has 0 fully saturated rings. The molecule has 0 spiro atoms. The van der Waals surface area contributed by atoms with Crippen molar-refractivity contribution in [2.45, 2.75) is 48.9 Å². The Bertz CT molecular complexity index is 2160. The van der Waals surface area contributed by atoms with Gasteiger partial charge in [-0.3, -0.25) is 0 Å². The van der Waals surface area contributed by atoms with E-state index < -0.39 is 0 Å². The number of aryl methyl sites for hydroxylation is 1. The van der Waals surface area contributed by atoms with Crippen LogP contribution < -0.4 is 14.2 Å². The predicted octanol–water partition coefficient (Wildman–Crippen LogP) is 12.6. The van der Waals surface area contributed by atoms with E-state index in [1.165, 1.54) is 52.9 Å². The number of benzene rings is 4. The quantitative estimate of drug-likeness (QED) is 0.100. The number of rotatable bonds is 11. The second-order valence-electron chi connectivity index (χ2n) is 12.2. The van der Waals surface area contributed by atoms with Gasteiger partial charge in [0.2, 0.25) is 11.4 Å². The number of hydrogen-bond acceptors (Lipinski definition) is 5. The minimum absolute atomic E-state index is 0.408. The Hall–Kier alpha value is -4.49. The van der Waals surface area contributed by atoms with Crippen LogP contribution >= 0.6 is 34.9 Å². The Kier molecular flexibility index (Phi) is 10.6. The van der Waals surface area contributed by atoms with Gasteiger partial charge in [0.15, 0.2) is 5.75 Å². The predicted molar refractivity (Wildman–Crippen MR) is 217 cm³/mol. The van der Waals surface area contributed by atoms with Gasteiger partial charge in [0.25, 0.3) is 5.01 Å². The van der Waals surface area contributed by atoms with Crippen LogP contribution in [-0.2, 0) is 6.54 Å². The van der Waals surface area contributed by atoms with Crippen molar-refractivity contribution in [2.24, 2.45) is 0 Å². The molecule has 0 bridgehead atoms. The third-order valence-electron chi connectivity index (χ3n) is 9.15. The molecule has 0 saturated carbocycles. The standard InChI is InChI=1S/C44H41N2OS3/c1-5-45-37-28-35(33-17-11-9-12-18-33)22-23-39(37)47-43(45)21-15-16-31-24-32(26-36(25-31)34-19-13-10-14-20-34)27-44-46(6-2)38-29-41(48-7-3)42(49-8-4)30-40(38)50-44/h7-24,27-30,36H,3-6,25-26H2,1-2H3/q+1. The Morgan fingerprint density at radius 3 is 2.34 bits per heavy atom. The highest BCUT2D eigenvalue weighted by Crippen LogP contribution is 2.42. The number of ether oxygens (including phenoxy) is 1. The van der Waals surface area contributed by atoms with Gasteiger partial charge in [-0.2, -0.15) is 4.57 Å². The fourth-order valence-corrected chi connectivity index (χ4v) is 9.52. The Labute approximate surface area is 308 Å². The third kappa shape index (κ3) is 7.20. The van der Waals surface area contributed by atoms with Gasteiger partial charge in [-0.15, -0.1) is 0 Å². The minimum Gasteiger partial charge on any atom is -0.439 e. The van der Waals surface area contributed by atoms with Gasteiger partial charge in [0, 0.05) is 28.5 Å². The smallest absolute Gasteiger partial charge is 0.263 e. The summed E-state index contributed by atoms with van der Waals surface area (Å²) >= 11 is 5.20. The average molecular weight is 710 g/mol. The number of hydrogen-bond donors (Lipinski definition) is 0. The average Bonchev–Trinajstić information content (AvgIpc) is 3.68. The summed E-state index contributed by atoms with van der Waals surface area (Å²) in [5.41, 5.74) is 8.82. The van der Waals surface area contributed by atoms with E-state index in [0.29, 0.717) is 5.92 Å². The van der Waals surface area contributed by atoms with E-state index in [4.69, 9.17) is 4.74 Å². The van der Waals surface area contributed by atoms with E-state index in [1.54, 1.807) is 23.5 Å². The zero-order valence-corrected chi connectivity index (χ0v) is 31.0. The molecule has 0 N–H and O–H groups in total. The van der Waals surface area contributed by atoms with Gasteiger partial charge in [-0.05, 0) is 95.5 Å². The van der Waals surface area contributed by atoms with Crippen LogP contribution in [0.25, 0.3) is 27.4 Å². The van der Waals surface area contributed by atoms with Crippen LogP contribution in [0.5, 0.6) is 5.75 Å². The Morgan fingerprint density at radius 1 is 0.880 bits per heavy atom. The molecule has 5 aromatic rings. The molecular formula is C44H41N2OS3+. The van der Waals surface area contributed by atoms with Crippen molar-refractivity contribution in [3.8, 4) is 16.9 Å². The normalized spacial score (nSPS) is 17.4. The maximum atomic E-state index is 6.37. The maximum Gasteiger partial charge on any atom is 0.263 e. The second-order valence-corrected chi connectivity index (χ2v) is 15.3. The number of fused-ring (bicyclic) bond motifs is 2. The lowest BCUT2D eigenvalue weighted by Gasteiger charge is -2.23. The Balaban J connectivity index is 1.21. The number of nitrogens with zero attached hydrogens (tertiary/aromatic N) is 2. The van der Waals surface area contributed by atoms with Crippen LogP contribution in [0.3, 0.4) is 0 Å². The first-order valence-electron chi connectivity index (χ1n) is 17.1. The molecule has 50 heavy (non-hydrogen) atoms. The van der Waals surface area contributed by atoms with Crippen molar-refractivity contribution < 1.29 is 9.30 Å². The van der Waals surface area contributed by atoms with Crippen molar-refractivity contribution >= 4 is 56.8 Å². The molecule has 1 unspecified atom stereocenters. The number of aromatic nitrogens is 1. The molecule has 250 valence electrons. The SMILES string of the molecule is C=CSc1cc2sc(C=C3C=C(C=CC=C4Oc5ccc(-c6ccccc6)cc5N4CC)CC(c4ccccc4)C3)[n+](CC)c2cc1SC=C. The summed E-state index contributed by atoms with van der Waals surface area (Å²) in [6.07, 6.45) is 13.3. The molecule has 6 heteroatoms. The molecule has 1 aliphatic carbocycles. The summed E-state index contributed by atoms with van der Waals surface area (Å²) in [6, 6.07) is 32.6. The first kappa shape index (κ1) is 34.0. The minimum atomic E-state index is 0.408. The van der Waals surface area contributed by atoms with Crippen molar-refractivity contribution in [3.63, 3.8) is 0 Å². The summed E-state index contributed by atoms with van der Waals surface area (Å²) in [5, 5.41) is 5.08. The van der Waals surface area contributed by atoms with Crippen molar-refractivity contribution in [2.75, 3.05) is 11.4 Å². The highest BCUT2D eigenvalue weighted by molar-refractivity contribution is 8.05. The lowest BCUT2D eigenvalue weighted by Crippen LogP contribution is -2.33. The van der Waals surface area contributed by atoms with Gasteiger partial charge >= 0.3 is 0 Å². The Morgan fingerprint density at radius 2 is 1.62 bits per heavy atom. The van der Waals surface area contributed by atoms with Gasteiger partial charge in [-0.25, -0.2) is 0 Å². The van der Waals surface area contributed by atoms with Crippen LogP contribution in [0.15, 0.2) is 166 Å². The molecule has 1 aromatic heterocycles. The van der Waals surface area contributed by atoms with Gasteiger partial charge in [-0.1, -0.05) is 133 Å². The molecule has 0 radical (unpaired) electrons. The molecule has 3 nitrogen and oxygen atoms in total. The number of anilines is 1. The molecule has 7 rings (SSSR count). The highest BCUT2D eigenvalue weighted by atomic mass is 32.2. The first-order chi connectivity index (χ1) is 24.6. The van der Waals surface area contributed by atoms with E-state index in [2.05, 4.69) is 158 Å². The monoisotopic (exact) mass is 709 g/mol. The van der Waals surface area contributed by atoms with Crippen LogP contribution in [0.4, 0.5) is 5.69 Å². The summed E-state index contributed by atoms with van der Waals surface area (Å²) in [7, 11) is 0. The summed E-state index contributed by atoms with van der Waals surface area (Å²) in [5.74, 6) is 2.16. The summed E-state index contributed by atoms with van der Waals surface area (Å²) < 4.78 is 10.1. The molecule has 2 heterocycles. The topological polar surface area (TPSA) is 16.4 Å². The van der Waals surface area contributed by atoms with Gasteiger partial charge < -0.3 is 9.64 Å². The second kappa shape index (κ2) is 15.6. The van der Waals surface area contributed by atoms with E-state index >= 15 is 0 Å². The molecule has 1 aliphatic heterocycles. The van der Waals surface area contributed by atoms with Crippen molar-refractivity contribution in [1.29, 1.82) is 0 Å². The number of thiazole rings is 1. The molecule has 0 saturated heterocycles. The fraction of sp³-hybridized carbons (Fsp3) is 0.159. The van der Waals surface area contributed by atoms with E-state index in [-0.39, 0.29) is 0 Å². The summed E-state index contributed by atoms with van der Waals surface area (Å²) in [6.45, 7) is 14.1. The fourth-order valence-electron chi connectivity index (χ4n) is 6.86. The lowest BCUT2D eigenvalue weighted by atomic mass is 9.81. The molecular weight excluding hydrogens is 669 g/mol. The van der Waals surface area contributed by atoms with Crippen molar-refractivity contribution in [3.05, 3.63) is 167 Å². The maximum absolute atomic E-state index is 6.37. The molecule has 4 aromatic carbocycles. The van der Waals surface area contributed by atoms with E-state index in [9.17, 15) is 0 Å². The van der Waals surface area contributed by atoms with Gasteiger partial charge in [0.05, 0.1) is 5.69 Å². The molecule has 1 atom stereocenters. The zero-order valence-electron chi connectivity index (χ0n) is 28.5. The zero-order chi connectivity index (χ0) is 34.5. The van der Waals surface area contributed by atoms with Crippen LogP contribution in [0, 0.1) is 0 Å². The van der Waals surface area contributed by atoms with E-state index in [0.717, 1.165) is 43.3 Å². The lowest BCUT2D eigenvalue weighted by molar-refractivity contribution is -0.665. The van der Waals surface area contributed by atoms with Crippen LogP contribution in [0.1, 0.15) is 43.2 Å². The number of allylic oxidation sites excluding steroid dienone is 6. The largest absolute Gasteiger partial charge is 0.439 e. The summed E-state index contributed by atoms with van der Waals surface area (Å²) in [4.78, 5) is 4.69. The highest BCUT2D eigenvalue weighted by Gasteiger charge is 2.26. The first-order valence-corrected chi connectivity index (χ1v) is 19.7. The van der Waals surface area contributed by atoms with Crippen molar-refractivity contribution in [1.82, 2.24) is 0 Å². The molecule has 0 amide bonds. The van der Waals surface area contributed by atoms with E-state index in [1.807, 2.05) is 22.2 Å². The number of thioether (sulfide) groups is 2. The molecule has 2 aliphatic rings. The van der Waals surface area contributed by atoms with Gasteiger partial charge in [0.1, 0.15) is 11.2 Å². The third-order valence-corrected chi connectivity index (χ3v) is 11.9. The van der Waals surface area contributed by atoms with Crippen LogP contribution in [-0.4, -0.2) is 6.54 Å².